The van der Waals surface area contributed by atoms with Gasteiger partial charge in [0.25, 0.3) is 5.91 Å². The lowest BCUT2D eigenvalue weighted by molar-refractivity contribution is 0.0854. The van der Waals surface area contributed by atoms with Crippen molar-refractivity contribution in [3.05, 3.63) is 46.8 Å². The van der Waals surface area contributed by atoms with Crippen LogP contribution >= 0.6 is 0 Å². The molecule has 0 bridgehead atoms. The summed E-state index contributed by atoms with van der Waals surface area (Å²) in [5.74, 6) is 1.12. The third-order valence-corrected chi connectivity index (χ3v) is 4.20. The summed E-state index contributed by atoms with van der Waals surface area (Å²) in [6.07, 6.45) is 2.16. The van der Waals surface area contributed by atoms with Crippen molar-refractivity contribution in [2.45, 2.75) is 39.4 Å². The number of rotatable bonds is 6. The van der Waals surface area contributed by atoms with Crippen LogP contribution in [0.4, 0.5) is 0 Å². The highest BCUT2D eigenvalue weighted by Crippen LogP contribution is 2.21. The average molecular weight is 330 g/mol. The van der Waals surface area contributed by atoms with Gasteiger partial charge in [0, 0.05) is 13.2 Å². The number of ether oxygens (including phenoxy) is 2. The molecule has 1 saturated heterocycles. The number of benzene rings is 1. The van der Waals surface area contributed by atoms with Crippen LogP contribution in [0.2, 0.25) is 0 Å². The molecule has 1 fully saturated rings. The largest absolute Gasteiger partial charge is 0.488 e. The highest BCUT2D eigenvalue weighted by Gasteiger charge is 2.19. The molecule has 0 radical (unpaired) electrons. The summed E-state index contributed by atoms with van der Waals surface area (Å²) in [5.41, 5.74) is 2.22. The van der Waals surface area contributed by atoms with Crippen molar-refractivity contribution >= 4 is 5.91 Å². The summed E-state index contributed by atoms with van der Waals surface area (Å²) in [4.78, 5) is 12.4. The van der Waals surface area contributed by atoms with Gasteiger partial charge in [-0.25, -0.2) is 0 Å². The van der Waals surface area contributed by atoms with Gasteiger partial charge in [-0.1, -0.05) is 17.3 Å². The summed E-state index contributed by atoms with van der Waals surface area (Å²) >= 11 is 0. The zero-order chi connectivity index (χ0) is 16.9. The van der Waals surface area contributed by atoms with Crippen LogP contribution in [0, 0.1) is 13.8 Å². The number of para-hydroxylation sites is 1. The topological polar surface area (TPSA) is 73.6 Å². The highest BCUT2D eigenvalue weighted by molar-refractivity contribution is 5.96. The molecule has 1 aromatic heterocycles. The van der Waals surface area contributed by atoms with E-state index in [9.17, 15) is 4.79 Å². The molecule has 0 aliphatic carbocycles. The summed E-state index contributed by atoms with van der Waals surface area (Å²) in [7, 11) is 0. The molecule has 6 nitrogen and oxygen atoms in total. The number of nitrogens with zero attached hydrogens (tertiary/aromatic N) is 1. The van der Waals surface area contributed by atoms with E-state index in [1.54, 1.807) is 12.1 Å². The Labute approximate surface area is 141 Å². The van der Waals surface area contributed by atoms with E-state index in [1.165, 1.54) is 0 Å². The molecule has 1 aliphatic rings. The van der Waals surface area contributed by atoms with Gasteiger partial charge in [0.1, 0.15) is 18.1 Å². The summed E-state index contributed by atoms with van der Waals surface area (Å²) in [6.45, 7) is 5.33. The zero-order valence-corrected chi connectivity index (χ0v) is 14.0. The Morgan fingerprint density at radius 3 is 2.92 bits per heavy atom. The van der Waals surface area contributed by atoms with Crippen LogP contribution in [0.1, 0.15) is 40.2 Å². The Balaban J connectivity index is 1.64. The van der Waals surface area contributed by atoms with Gasteiger partial charge >= 0.3 is 0 Å². The molecule has 1 aromatic carbocycles. The van der Waals surface area contributed by atoms with Crippen molar-refractivity contribution in [2.24, 2.45) is 0 Å². The molecule has 0 spiro atoms. The van der Waals surface area contributed by atoms with Gasteiger partial charge < -0.3 is 19.3 Å². The van der Waals surface area contributed by atoms with Crippen molar-refractivity contribution in [3.63, 3.8) is 0 Å². The van der Waals surface area contributed by atoms with Crippen molar-refractivity contribution in [1.82, 2.24) is 10.5 Å². The van der Waals surface area contributed by atoms with E-state index in [4.69, 9.17) is 14.0 Å². The minimum atomic E-state index is -0.153. The number of hydrogen-bond donors (Lipinski definition) is 1. The first kappa shape index (κ1) is 16.5. The van der Waals surface area contributed by atoms with E-state index >= 15 is 0 Å². The normalized spacial score (nSPS) is 17.0. The van der Waals surface area contributed by atoms with Crippen molar-refractivity contribution < 1.29 is 18.8 Å². The van der Waals surface area contributed by atoms with E-state index in [1.807, 2.05) is 26.0 Å². The minimum absolute atomic E-state index is 0.115. The maximum Gasteiger partial charge on any atom is 0.255 e. The second-order valence-electron chi connectivity index (χ2n) is 5.93. The lowest BCUT2D eigenvalue weighted by atomic mass is 10.1. The maximum atomic E-state index is 12.4. The lowest BCUT2D eigenvalue weighted by Crippen LogP contribution is -2.32. The van der Waals surface area contributed by atoms with Crippen LogP contribution in [0.3, 0.4) is 0 Å². The minimum Gasteiger partial charge on any atom is -0.488 e. The SMILES string of the molecule is Cc1noc(C)c1COc1ccccc1C(=O)NC[C@H]1CCCO1. The molecular formula is C18H22N2O4. The molecular weight excluding hydrogens is 308 g/mol. The molecule has 2 heterocycles. The van der Waals surface area contributed by atoms with Crippen molar-refractivity contribution in [1.29, 1.82) is 0 Å². The first-order valence-corrected chi connectivity index (χ1v) is 8.18. The van der Waals surface area contributed by atoms with E-state index in [2.05, 4.69) is 10.5 Å². The van der Waals surface area contributed by atoms with Crippen LogP contribution in [-0.2, 0) is 11.3 Å². The van der Waals surface area contributed by atoms with Crippen molar-refractivity contribution in [3.8, 4) is 5.75 Å². The number of hydrogen-bond acceptors (Lipinski definition) is 5. The fourth-order valence-corrected chi connectivity index (χ4v) is 2.75. The standard InChI is InChI=1S/C18H22N2O4/c1-12-16(13(2)24-20-12)11-23-17-8-4-3-7-15(17)18(21)19-10-14-6-5-9-22-14/h3-4,7-8,14H,5-6,9-11H2,1-2H3,(H,19,21)/t14-/m1/s1. The van der Waals surface area contributed by atoms with Crippen LogP contribution in [0.25, 0.3) is 0 Å². The molecule has 0 unspecified atom stereocenters. The van der Waals surface area contributed by atoms with Gasteiger partial charge in [-0.05, 0) is 38.8 Å². The Kier molecular flexibility index (Phi) is 5.15. The Bertz CT molecular complexity index is 685. The third kappa shape index (κ3) is 3.76. The van der Waals surface area contributed by atoms with Gasteiger partial charge in [-0.3, -0.25) is 4.79 Å². The monoisotopic (exact) mass is 330 g/mol. The molecule has 1 aliphatic heterocycles. The Morgan fingerprint density at radius 1 is 1.38 bits per heavy atom. The molecule has 0 saturated carbocycles. The number of carbonyl (C=O) groups excluding carboxylic acids is 1. The summed E-state index contributed by atoms with van der Waals surface area (Å²) in [6, 6.07) is 7.22. The second kappa shape index (κ2) is 7.49. The van der Waals surface area contributed by atoms with Crippen LogP contribution in [0.15, 0.2) is 28.8 Å². The molecule has 6 heteroatoms. The highest BCUT2D eigenvalue weighted by atomic mass is 16.5. The second-order valence-corrected chi connectivity index (χ2v) is 5.93. The Hall–Kier alpha value is -2.34. The van der Waals surface area contributed by atoms with E-state index in [0.29, 0.717) is 24.5 Å². The zero-order valence-electron chi connectivity index (χ0n) is 14.0. The van der Waals surface area contributed by atoms with Gasteiger partial charge in [-0.2, -0.15) is 0 Å². The van der Waals surface area contributed by atoms with Crippen molar-refractivity contribution in [2.75, 3.05) is 13.2 Å². The molecule has 1 N–H and O–H groups in total. The number of carbonyl (C=O) groups is 1. The third-order valence-electron chi connectivity index (χ3n) is 4.20. The maximum absolute atomic E-state index is 12.4. The number of nitrogens with one attached hydrogen (secondary N) is 1. The number of amides is 1. The van der Waals surface area contributed by atoms with Crippen LogP contribution < -0.4 is 10.1 Å². The first-order chi connectivity index (χ1) is 11.6. The number of aromatic nitrogens is 1. The summed E-state index contributed by atoms with van der Waals surface area (Å²) in [5, 5.41) is 6.83. The quantitative estimate of drug-likeness (QED) is 0.881. The molecule has 128 valence electrons. The van der Waals surface area contributed by atoms with E-state index < -0.39 is 0 Å². The molecule has 3 rings (SSSR count). The molecule has 1 atom stereocenters. The number of aryl methyl sites for hydroxylation is 2. The molecule has 24 heavy (non-hydrogen) atoms. The van der Waals surface area contributed by atoms with Gasteiger partial charge in [0.15, 0.2) is 0 Å². The van der Waals surface area contributed by atoms with Gasteiger partial charge in [-0.15, -0.1) is 0 Å². The van der Waals surface area contributed by atoms with E-state index in [-0.39, 0.29) is 12.0 Å². The predicted octanol–water partition coefficient (Wildman–Crippen LogP) is 2.78. The fourth-order valence-electron chi connectivity index (χ4n) is 2.75. The Morgan fingerprint density at radius 2 is 2.21 bits per heavy atom. The van der Waals surface area contributed by atoms with Crippen LogP contribution in [0.5, 0.6) is 5.75 Å². The van der Waals surface area contributed by atoms with Crippen LogP contribution in [-0.4, -0.2) is 30.3 Å². The fraction of sp³-hybridized carbons (Fsp3) is 0.444. The van der Waals surface area contributed by atoms with E-state index in [0.717, 1.165) is 36.5 Å². The average Bonchev–Trinajstić information content (AvgIpc) is 3.22. The smallest absolute Gasteiger partial charge is 0.255 e. The molecule has 2 aromatic rings. The predicted molar refractivity (Wildman–Crippen MR) is 88.1 cm³/mol. The van der Waals surface area contributed by atoms with Gasteiger partial charge in [0.2, 0.25) is 0 Å². The first-order valence-electron chi connectivity index (χ1n) is 8.18. The lowest BCUT2D eigenvalue weighted by Gasteiger charge is -2.13. The molecule has 1 amide bonds. The van der Waals surface area contributed by atoms with Gasteiger partial charge in [0.05, 0.1) is 22.9 Å². The summed E-state index contributed by atoms with van der Waals surface area (Å²) < 4.78 is 16.5.